The van der Waals surface area contributed by atoms with Crippen molar-refractivity contribution in [3.63, 3.8) is 0 Å². The molecule has 2 amide bonds. The maximum Gasteiger partial charge on any atom is 0.270 e. The highest BCUT2D eigenvalue weighted by atomic mass is 79.9. The van der Waals surface area contributed by atoms with Crippen LogP contribution in [-0.2, 0) is 9.59 Å². The number of ketones is 1. The molecule has 0 N–H and O–H groups in total. The van der Waals surface area contributed by atoms with Gasteiger partial charge in [-0.2, -0.15) is 5.26 Å². The molecule has 168 valence electrons. The average Bonchev–Trinajstić information content (AvgIpc) is 3.30. The number of nitro groups is 1. The second kappa shape index (κ2) is 8.04. The molecule has 34 heavy (non-hydrogen) atoms. The van der Waals surface area contributed by atoms with E-state index in [1.165, 1.54) is 30.3 Å². The number of nitrogens with zero attached hydrogens (tertiary/aromatic N) is 4. The molecule has 2 aromatic carbocycles. The molecule has 3 aliphatic heterocycles. The minimum Gasteiger partial charge on any atom is -0.359 e. The number of allylic oxidation sites excluding steroid dienone is 2. The fourth-order valence-corrected chi connectivity index (χ4v) is 5.32. The van der Waals surface area contributed by atoms with Crippen molar-refractivity contribution >= 4 is 44.9 Å². The SMILES string of the molecule is N#CC1=C[C@@H]2[C@@H]3C(=O)N(c4cccc(Br)c4)C(=O)[C@@H]3[C@@H](C(=O)c3cccc([N+](=O)[O-])c3)N2C=C1. The Labute approximate surface area is 201 Å². The number of nitriles is 1. The van der Waals surface area contributed by atoms with Gasteiger partial charge in [-0.25, -0.2) is 4.90 Å². The lowest BCUT2D eigenvalue weighted by molar-refractivity contribution is -0.384. The molecule has 0 spiro atoms. The molecule has 0 radical (unpaired) electrons. The van der Waals surface area contributed by atoms with Crippen LogP contribution < -0.4 is 4.90 Å². The quantitative estimate of drug-likeness (QED) is 0.263. The van der Waals surface area contributed by atoms with Crippen LogP contribution >= 0.6 is 15.9 Å². The van der Waals surface area contributed by atoms with E-state index in [-0.39, 0.29) is 11.3 Å². The van der Waals surface area contributed by atoms with Gasteiger partial charge in [-0.1, -0.05) is 34.1 Å². The summed E-state index contributed by atoms with van der Waals surface area (Å²) in [4.78, 5) is 54.1. The first-order valence-electron chi connectivity index (χ1n) is 10.3. The summed E-state index contributed by atoms with van der Waals surface area (Å²) in [6, 6.07) is 12.4. The molecule has 0 aromatic heterocycles. The van der Waals surface area contributed by atoms with E-state index < -0.39 is 46.4 Å². The van der Waals surface area contributed by atoms with Gasteiger partial charge in [0.15, 0.2) is 5.78 Å². The van der Waals surface area contributed by atoms with E-state index in [0.717, 1.165) is 4.90 Å². The van der Waals surface area contributed by atoms with Crippen LogP contribution in [0.5, 0.6) is 0 Å². The van der Waals surface area contributed by atoms with Crippen LogP contribution in [0.2, 0.25) is 0 Å². The number of anilines is 1. The lowest BCUT2D eigenvalue weighted by Crippen LogP contribution is -2.46. The minimum atomic E-state index is -1.06. The van der Waals surface area contributed by atoms with Crippen LogP contribution in [0, 0.1) is 33.3 Å². The lowest BCUT2D eigenvalue weighted by Gasteiger charge is -2.32. The number of carbonyl (C=O) groups excluding carboxylic acids is 3. The summed E-state index contributed by atoms with van der Waals surface area (Å²) in [7, 11) is 0. The zero-order valence-electron chi connectivity index (χ0n) is 17.4. The first-order chi connectivity index (χ1) is 16.3. The third-order valence-electron chi connectivity index (χ3n) is 6.35. The van der Waals surface area contributed by atoms with E-state index >= 15 is 0 Å². The summed E-state index contributed by atoms with van der Waals surface area (Å²) in [5.74, 6) is -3.38. The van der Waals surface area contributed by atoms with Crippen molar-refractivity contribution in [1.29, 1.82) is 5.26 Å². The Balaban J connectivity index is 1.61. The van der Waals surface area contributed by atoms with Gasteiger partial charge in [-0.05, 0) is 30.4 Å². The molecule has 3 aliphatic rings. The maximum absolute atomic E-state index is 13.6. The fourth-order valence-electron chi connectivity index (χ4n) is 4.93. The van der Waals surface area contributed by atoms with E-state index in [2.05, 4.69) is 15.9 Å². The Morgan fingerprint density at radius 2 is 1.82 bits per heavy atom. The van der Waals surface area contributed by atoms with Crippen molar-refractivity contribution in [2.75, 3.05) is 4.90 Å². The number of benzene rings is 2. The molecule has 0 bridgehead atoms. The summed E-state index contributed by atoms with van der Waals surface area (Å²) in [5, 5.41) is 20.6. The molecule has 3 heterocycles. The van der Waals surface area contributed by atoms with Crippen LogP contribution in [0.3, 0.4) is 0 Å². The highest BCUT2D eigenvalue weighted by molar-refractivity contribution is 9.10. The standard InChI is InChI=1S/C24H15BrN4O5/c25-15-4-2-5-16(11-15)28-23(31)19-18-9-13(12-26)7-8-27(18)21(20(19)24(28)32)22(30)14-3-1-6-17(10-14)29(33)34/h1-11,18-21H/t18-,19+,20+,21+/m1/s1. The fraction of sp³-hybridized carbons (Fsp3) is 0.167. The number of hydrogen-bond acceptors (Lipinski definition) is 7. The molecule has 2 fully saturated rings. The number of non-ortho nitro benzene ring substituents is 1. The van der Waals surface area contributed by atoms with Crippen molar-refractivity contribution in [2.45, 2.75) is 12.1 Å². The highest BCUT2D eigenvalue weighted by Crippen LogP contribution is 2.47. The molecular weight excluding hydrogens is 504 g/mol. The number of hydrogen-bond donors (Lipinski definition) is 0. The number of fused-ring (bicyclic) bond motifs is 3. The molecule has 9 nitrogen and oxygen atoms in total. The van der Waals surface area contributed by atoms with Crippen molar-refractivity contribution in [3.05, 3.63) is 92.6 Å². The monoisotopic (exact) mass is 518 g/mol. The summed E-state index contributed by atoms with van der Waals surface area (Å²) in [6.45, 7) is 0. The van der Waals surface area contributed by atoms with Gasteiger partial charge in [-0.3, -0.25) is 24.5 Å². The van der Waals surface area contributed by atoms with Crippen LogP contribution in [0.1, 0.15) is 10.4 Å². The number of halogens is 1. The van der Waals surface area contributed by atoms with Crippen LogP contribution in [0.15, 0.2) is 76.9 Å². The van der Waals surface area contributed by atoms with Gasteiger partial charge < -0.3 is 4.90 Å². The van der Waals surface area contributed by atoms with E-state index in [0.29, 0.717) is 15.7 Å². The van der Waals surface area contributed by atoms with Crippen molar-refractivity contribution in [3.8, 4) is 6.07 Å². The van der Waals surface area contributed by atoms with Crippen molar-refractivity contribution in [2.24, 2.45) is 11.8 Å². The predicted molar refractivity (Wildman–Crippen MR) is 123 cm³/mol. The molecule has 4 atom stereocenters. The van der Waals surface area contributed by atoms with Gasteiger partial charge in [0.1, 0.15) is 6.04 Å². The molecule has 0 unspecified atom stereocenters. The Kier molecular flexibility index (Phi) is 5.14. The summed E-state index contributed by atoms with van der Waals surface area (Å²) in [5.41, 5.74) is 0.526. The van der Waals surface area contributed by atoms with Crippen LogP contribution in [0.25, 0.3) is 0 Å². The van der Waals surface area contributed by atoms with Gasteiger partial charge in [0, 0.05) is 28.4 Å². The highest BCUT2D eigenvalue weighted by Gasteiger charge is 2.63. The second-order valence-corrected chi connectivity index (χ2v) is 9.06. The van der Waals surface area contributed by atoms with Gasteiger partial charge >= 0.3 is 0 Å². The summed E-state index contributed by atoms with van der Waals surface area (Å²) < 4.78 is 0.681. The first-order valence-corrected chi connectivity index (χ1v) is 11.1. The normalized spacial score (nSPS) is 25.0. The number of carbonyl (C=O) groups is 3. The minimum absolute atomic E-state index is 0.0724. The number of rotatable bonds is 4. The van der Waals surface area contributed by atoms with Gasteiger partial charge in [0.2, 0.25) is 11.8 Å². The van der Waals surface area contributed by atoms with E-state index in [1.807, 2.05) is 6.07 Å². The molecular formula is C24H15BrN4O5. The maximum atomic E-state index is 13.6. The first kappa shape index (κ1) is 21.7. The van der Waals surface area contributed by atoms with Crippen molar-refractivity contribution < 1.29 is 19.3 Å². The largest absolute Gasteiger partial charge is 0.359 e. The average molecular weight is 519 g/mol. The van der Waals surface area contributed by atoms with Gasteiger partial charge in [0.05, 0.1) is 40.1 Å². The smallest absolute Gasteiger partial charge is 0.270 e. The van der Waals surface area contributed by atoms with Gasteiger partial charge in [-0.15, -0.1) is 0 Å². The molecule has 10 heteroatoms. The molecule has 2 aromatic rings. The molecule has 0 aliphatic carbocycles. The Morgan fingerprint density at radius 1 is 1.09 bits per heavy atom. The van der Waals surface area contributed by atoms with E-state index in [4.69, 9.17) is 0 Å². The Morgan fingerprint density at radius 3 is 2.53 bits per heavy atom. The zero-order chi connectivity index (χ0) is 24.1. The summed E-state index contributed by atoms with van der Waals surface area (Å²) >= 11 is 3.35. The molecule has 2 saturated heterocycles. The number of imide groups is 1. The third kappa shape index (κ3) is 3.24. The molecule has 0 saturated carbocycles. The predicted octanol–water partition coefficient (Wildman–Crippen LogP) is 3.38. The van der Waals surface area contributed by atoms with Crippen LogP contribution in [-0.4, -0.2) is 39.5 Å². The van der Waals surface area contributed by atoms with E-state index in [9.17, 15) is 29.8 Å². The number of Topliss-reactive ketones (excluding diaryl/α,β-unsaturated/α-hetero) is 1. The molecule has 5 rings (SSSR count). The number of amides is 2. The topological polar surface area (TPSA) is 125 Å². The summed E-state index contributed by atoms with van der Waals surface area (Å²) in [6.07, 6.45) is 4.66. The van der Waals surface area contributed by atoms with E-state index in [1.54, 1.807) is 41.4 Å². The Hall–Kier alpha value is -4.10. The second-order valence-electron chi connectivity index (χ2n) is 8.15. The lowest BCUT2D eigenvalue weighted by atomic mass is 9.86. The van der Waals surface area contributed by atoms with Crippen LogP contribution in [0.4, 0.5) is 11.4 Å². The number of nitro benzene ring substituents is 1. The van der Waals surface area contributed by atoms with Gasteiger partial charge in [0.25, 0.3) is 5.69 Å². The zero-order valence-corrected chi connectivity index (χ0v) is 19.0. The third-order valence-corrected chi connectivity index (χ3v) is 6.85. The Bertz CT molecular complexity index is 1380. The van der Waals surface area contributed by atoms with Crippen molar-refractivity contribution in [1.82, 2.24) is 4.90 Å².